The smallest absolute Gasteiger partial charge is 0.223 e. The van der Waals surface area contributed by atoms with Crippen molar-refractivity contribution in [1.29, 1.82) is 0 Å². The first-order chi connectivity index (χ1) is 12.6. The van der Waals surface area contributed by atoms with Gasteiger partial charge in [-0.2, -0.15) is 4.40 Å². The molecule has 140 valence electrons. The summed E-state index contributed by atoms with van der Waals surface area (Å²) < 4.78 is 17.7. The van der Waals surface area contributed by atoms with E-state index in [1.54, 1.807) is 12.3 Å². The van der Waals surface area contributed by atoms with Crippen LogP contribution in [0.3, 0.4) is 0 Å². The molecule has 7 heteroatoms. The van der Waals surface area contributed by atoms with Crippen LogP contribution in [-0.2, 0) is 0 Å². The molecular weight excluding hydrogens is 414 g/mol. The van der Waals surface area contributed by atoms with E-state index in [9.17, 15) is 10.2 Å². The fraction of sp³-hybridized carbons (Fsp3) is 0.150. The Kier molecular flexibility index (Phi) is 4.89. The van der Waals surface area contributed by atoms with E-state index in [1.807, 2.05) is 34.9 Å². The number of aromatic nitrogens is 1. The maximum Gasteiger partial charge on any atom is 0.223 e. The van der Waals surface area contributed by atoms with E-state index in [1.165, 1.54) is 21.3 Å². The Morgan fingerprint density at radius 1 is 0.815 bits per heavy atom. The van der Waals surface area contributed by atoms with Gasteiger partial charge in [-0.15, -0.1) is 0 Å². The lowest BCUT2D eigenvalue weighted by atomic mass is 10.0. The summed E-state index contributed by atoms with van der Waals surface area (Å²) in [6.07, 6.45) is 3.67. The van der Waals surface area contributed by atoms with E-state index in [-0.39, 0.29) is 34.2 Å². The van der Waals surface area contributed by atoms with Gasteiger partial charge in [-0.1, -0.05) is 0 Å². The Morgan fingerprint density at radius 2 is 1.56 bits per heavy atom. The number of phenolic OH excluding ortho intramolecular Hbond substituents is 2. The van der Waals surface area contributed by atoms with Gasteiger partial charge in [0.25, 0.3) is 0 Å². The van der Waals surface area contributed by atoms with Gasteiger partial charge in [-0.3, -0.25) is 0 Å². The lowest BCUT2D eigenvalue weighted by Crippen LogP contribution is -3.00. The van der Waals surface area contributed by atoms with Crippen molar-refractivity contribution in [1.82, 2.24) is 0 Å². The van der Waals surface area contributed by atoms with Gasteiger partial charge in [-0.05, 0) is 23.6 Å². The predicted octanol–water partition coefficient (Wildman–Crippen LogP) is 0.173. The molecular formula is C20H18BrNO5. The summed E-state index contributed by atoms with van der Waals surface area (Å²) in [7, 11) is 4.53. The molecule has 0 unspecified atom stereocenters. The first-order valence-corrected chi connectivity index (χ1v) is 8.00. The number of nitrogens with zero attached hydrogens (tertiary/aromatic N) is 1. The molecule has 0 amide bonds. The lowest BCUT2D eigenvalue weighted by Gasteiger charge is -2.12. The third-order valence-electron chi connectivity index (χ3n) is 4.62. The van der Waals surface area contributed by atoms with E-state index >= 15 is 0 Å². The van der Waals surface area contributed by atoms with Crippen molar-refractivity contribution >= 4 is 27.1 Å². The van der Waals surface area contributed by atoms with Crippen molar-refractivity contribution in [3.8, 4) is 28.7 Å². The zero-order chi connectivity index (χ0) is 18.4. The van der Waals surface area contributed by atoms with Crippen LogP contribution in [0, 0.1) is 0 Å². The summed E-state index contributed by atoms with van der Waals surface area (Å²) in [5.41, 5.74) is 0.776. The van der Waals surface area contributed by atoms with E-state index < -0.39 is 0 Å². The third-order valence-corrected chi connectivity index (χ3v) is 4.62. The zero-order valence-electron chi connectivity index (χ0n) is 15.0. The standard InChI is InChI=1S/C20H17NO5.BrH/c1-24-15-5-4-11-8-14-17-12(6-7-21(14)10-13(11)18(15)22)9-16(25-2)20(26-3)19(17)23;/h4-10H,1-3H3,(H,22,23);1H. The molecule has 2 heterocycles. The van der Waals surface area contributed by atoms with Crippen LogP contribution >= 0.6 is 0 Å². The van der Waals surface area contributed by atoms with Gasteiger partial charge in [0.05, 0.1) is 32.1 Å². The fourth-order valence-electron chi connectivity index (χ4n) is 3.34. The minimum atomic E-state index is 0. The number of hydrogen-bond donors (Lipinski definition) is 2. The number of aromatic hydroxyl groups is 2. The van der Waals surface area contributed by atoms with Crippen molar-refractivity contribution in [3.63, 3.8) is 0 Å². The number of fused-ring (bicyclic) bond motifs is 4. The fourth-order valence-corrected chi connectivity index (χ4v) is 3.34. The highest BCUT2D eigenvalue weighted by Gasteiger charge is 2.21. The molecule has 0 atom stereocenters. The Hall–Kier alpha value is -2.93. The highest BCUT2D eigenvalue weighted by molar-refractivity contribution is 6.04. The molecule has 6 nitrogen and oxygen atoms in total. The monoisotopic (exact) mass is 431 g/mol. The number of ether oxygens (including phenoxy) is 3. The van der Waals surface area contributed by atoms with Gasteiger partial charge in [0, 0.05) is 17.5 Å². The molecule has 0 fully saturated rings. The lowest BCUT2D eigenvalue weighted by molar-refractivity contribution is -0.509. The Balaban J connectivity index is 0.00000210. The summed E-state index contributed by atoms with van der Waals surface area (Å²) in [5.74, 6) is 1.25. The van der Waals surface area contributed by atoms with Crippen molar-refractivity contribution < 1.29 is 45.8 Å². The summed E-state index contributed by atoms with van der Waals surface area (Å²) in [5, 5.41) is 24.1. The van der Waals surface area contributed by atoms with Crippen molar-refractivity contribution in [3.05, 3.63) is 42.7 Å². The minimum Gasteiger partial charge on any atom is -1.00 e. The van der Waals surface area contributed by atoms with E-state index in [2.05, 4.69) is 0 Å². The van der Waals surface area contributed by atoms with Crippen LogP contribution in [0.15, 0.2) is 42.7 Å². The maximum atomic E-state index is 10.8. The van der Waals surface area contributed by atoms with Crippen LogP contribution in [0.2, 0.25) is 0 Å². The second-order valence-electron chi connectivity index (χ2n) is 5.93. The molecule has 2 N–H and O–H groups in total. The van der Waals surface area contributed by atoms with Gasteiger partial charge >= 0.3 is 0 Å². The van der Waals surface area contributed by atoms with Crippen LogP contribution in [0.25, 0.3) is 27.1 Å². The molecule has 0 saturated carbocycles. The molecule has 27 heavy (non-hydrogen) atoms. The van der Waals surface area contributed by atoms with Crippen LogP contribution in [0.1, 0.15) is 0 Å². The first kappa shape index (κ1) is 18.8. The molecule has 0 radical (unpaired) electrons. The summed E-state index contributed by atoms with van der Waals surface area (Å²) in [4.78, 5) is 0. The maximum absolute atomic E-state index is 10.8. The van der Waals surface area contributed by atoms with Gasteiger partial charge in [0.2, 0.25) is 11.3 Å². The van der Waals surface area contributed by atoms with E-state index in [0.29, 0.717) is 22.3 Å². The number of hydrogen-bond acceptors (Lipinski definition) is 5. The zero-order valence-corrected chi connectivity index (χ0v) is 16.6. The highest BCUT2D eigenvalue weighted by Crippen LogP contribution is 2.44. The van der Waals surface area contributed by atoms with Crippen LogP contribution in [0.4, 0.5) is 0 Å². The minimum absolute atomic E-state index is 0. The van der Waals surface area contributed by atoms with Gasteiger partial charge in [0.1, 0.15) is 0 Å². The molecule has 0 aliphatic heterocycles. The number of phenols is 2. The SMILES string of the molecule is COc1cc2cc[n+]3cc4c(O)c(OC)ccc4cc3c2c(O)c1OC.[Br-]. The van der Waals surface area contributed by atoms with E-state index in [4.69, 9.17) is 14.2 Å². The van der Waals surface area contributed by atoms with Crippen molar-refractivity contribution in [2.24, 2.45) is 0 Å². The molecule has 0 saturated heterocycles. The molecule has 2 aromatic heterocycles. The second kappa shape index (κ2) is 7.00. The number of methoxy groups -OCH3 is 3. The van der Waals surface area contributed by atoms with Gasteiger partial charge < -0.3 is 41.4 Å². The molecule has 2 aromatic carbocycles. The summed E-state index contributed by atoms with van der Waals surface area (Å²) in [6, 6.07) is 9.17. The molecule has 4 aromatic rings. The summed E-state index contributed by atoms with van der Waals surface area (Å²) >= 11 is 0. The molecule has 0 aliphatic carbocycles. The first-order valence-electron chi connectivity index (χ1n) is 8.00. The molecule has 0 bridgehead atoms. The Bertz CT molecular complexity index is 1180. The summed E-state index contributed by atoms with van der Waals surface area (Å²) in [6.45, 7) is 0. The molecule has 4 rings (SSSR count). The highest BCUT2D eigenvalue weighted by atomic mass is 79.9. The van der Waals surface area contributed by atoms with Gasteiger partial charge in [-0.25, -0.2) is 0 Å². The molecule has 0 spiro atoms. The quantitative estimate of drug-likeness (QED) is 0.275. The van der Waals surface area contributed by atoms with Crippen LogP contribution in [-0.4, -0.2) is 31.5 Å². The number of pyridine rings is 2. The number of halogens is 1. The van der Waals surface area contributed by atoms with E-state index in [0.717, 1.165) is 16.3 Å². The van der Waals surface area contributed by atoms with Crippen molar-refractivity contribution in [2.75, 3.05) is 21.3 Å². The van der Waals surface area contributed by atoms with Crippen molar-refractivity contribution in [2.45, 2.75) is 0 Å². The largest absolute Gasteiger partial charge is 1.00 e. The number of rotatable bonds is 3. The number of benzene rings is 2. The Labute approximate surface area is 165 Å². The predicted molar refractivity (Wildman–Crippen MR) is 97.6 cm³/mol. The average molecular weight is 432 g/mol. The normalized spacial score (nSPS) is 10.8. The third kappa shape index (κ3) is 2.75. The Morgan fingerprint density at radius 3 is 2.22 bits per heavy atom. The van der Waals surface area contributed by atoms with Crippen LogP contribution < -0.4 is 35.6 Å². The average Bonchev–Trinajstić information content (AvgIpc) is 2.66. The topological polar surface area (TPSA) is 72.3 Å². The van der Waals surface area contributed by atoms with Crippen LogP contribution in [0.5, 0.6) is 28.7 Å². The second-order valence-corrected chi connectivity index (χ2v) is 5.93. The van der Waals surface area contributed by atoms with Gasteiger partial charge in [0.15, 0.2) is 35.4 Å². The molecule has 0 aliphatic rings.